The van der Waals surface area contributed by atoms with Crippen LogP contribution in [-0.2, 0) is 10.1 Å². The minimum absolute atomic E-state index is 0.336. The highest BCUT2D eigenvalue weighted by atomic mass is 79.9. The molecule has 1 aromatic rings. The first-order valence-electron chi connectivity index (χ1n) is 6.38. The summed E-state index contributed by atoms with van der Waals surface area (Å²) in [6, 6.07) is 6.04. The highest BCUT2D eigenvalue weighted by Gasteiger charge is 2.18. The van der Waals surface area contributed by atoms with Crippen molar-refractivity contribution in [1.82, 2.24) is 0 Å². The number of hydrogen-bond acceptors (Lipinski definition) is 2. The Morgan fingerprint density at radius 1 is 1.44 bits per heavy atom. The molecule has 100 valence electrons. The number of alkyl halides is 1. The van der Waals surface area contributed by atoms with Gasteiger partial charge in [0.25, 0.3) is 0 Å². The van der Waals surface area contributed by atoms with Crippen molar-refractivity contribution in [1.29, 1.82) is 0 Å². The molecule has 0 aliphatic carbocycles. The molecule has 4 heteroatoms. The van der Waals surface area contributed by atoms with Gasteiger partial charge >= 0.3 is 0 Å². The van der Waals surface area contributed by atoms with Crippen LogP contribution in [0.5, 0.6) is 0 Å². The van der Waals surface area contributed by atoms with Gasteiger partial charge < -0.3 is 9.64 Å². The van der Waals surface area contributed by atoms with Crippen molar-refractivity contribution in [3.05, 3.63) is 28.8 Å². The van der Waals surface area contributed by atoms with Gasteiger partial charge in [0.1, 0.15) is 0 Å². The fourth-order valence-corrected chi connectivity index (χ4v) is 3.23. The Kier molecular flexibility index (Phi) is 5.34. The van der Waals surface area contributed by atoms with E-state index in [-0.39, 0.29) is 0 Å². The summed E-state index contributed by atoms with van der Waals surface area (Å²) < 4.78 is 5.79. The lowest BCUT2D eigenvalue weighted by Crippen LogP contribution is -2.33. The topological polar surface area (TPSA) is 12.5 Å². The molecule has 0 saturated carbocycles. The van der Waals surface area contributed by atoms with Gasteiger partial charge in [-0.1, -0.05) is 39.7 Å². The molecular weight excluding hydrogens is 314 g/mol. The average molecular weight is 333 g/mol. The molecule has 1 aliphatic rings. The van der Waals surface area contributed by atoms with Gasteiger partial charge in [0.15, 0.2) is 0 Å². The van der Waals surface area contributed by atoms with E-state index in [0.717, 1.165) is 35.6 Å². The third-order valence-corrected chi connectivity index (χ3v) is 4.26. The summed E-state index contributed by atoms with van der Waals surface area (Å²) in [5.74, 6) is 0. The third-order valence-electron chi connectivity index (χ3n) is 3.35. The molecular formula is C14H19BrClNO. The summed E-state index contributed by atoms with van der Waals surface area (Å²) in [4.78, 5) is 2.22. The van der Waals surface area contributed by atoms with Crippen LogP contribution >= 0.6 is 27.5 Å². The van der Waals surface area contributed by atoms with E-state index < -0.39 is 0 Å². The standard InChI is InChI=1S/C14H19BrClNO/c1-17(10-12-6-2-3-8-18-12)14-11(9-15)5-4-7-13(14)16/h4-5,7,12H,2-3,6,8-10H2,1H3. The molecule has 18 heavy (non-hydrogen) atoms. The minimum atomic E-state index is 0.336. The number of para-hydroxylation sites is 1. The number of rotatable bonds is 4. The number of likely N-dealkylation sites (N-methyl/N-ethyl adjacent to an activating group) is 1. The van der Waals surface area contributed by atoms with E-state index >= 15 is 0 Å². The largest absolute Gasteiger partial charge is 0.376 e. The van der Waals surface area contributed by atoms with Crippen molar-refractivity contribution >= 4 is 33.2 Å². The van der Waals surface area contributed by atoms with E-state index in [1.54, 1.807) is 0 Å². The quantitative estimate of drug-likeness (QED) is 0.765. The predicted octanol–water partition coefficient (Wildman–Crippen LogP) is 4.24. The van der Waals surface area contributed by atoms with E-state index in [1.165, 1.54) is 18.4 Å². The fraction of sp³-hybridized carbons (Fsp3) is 0.571. The van der Waals surface area contributed by atoms with Crippen LogP contribution in [0.15, 0.2) is 18.2 Å². The highest BCUT2D eigenvalue weighted by Crippen LogP contribution is 2.31. The first-order chi connectivity index (χ1) is 8.72. The Labute approximate surface area is 122 Å². The molecule has 1 unspecified atom stereocenters. The number of ether oxygens (including phenoxy) is 1. The van der Waals surface area contributed by atoms with Crippen LogP contribution in [0, 0.1) is 0 Å². The van der Waals surface area contributed by atoms with Crippen molar-refractivity contribution in [3.63, 3.8) is 0 Å². The highest BCUT2D eigenvalue weighted by molar-refractivity contribution is 9.08. The van der Waals surface area contributed by atoms with E-state index in [9.17, 15) is 0 Å². The molecule has 1 atom stereocenters. The normalized spacial score (nSPS) is 19.8. The fourth-order valence-electron chi connectivity index (χ4n) is 2.44. The van der Waals surface area contributed by atoms with Crippen molar-refractivity contribution in [2.24, 2.45) is 0 Å². The first kappa shape index (κ1) is 14.2. The summed E-state index contributed by atoms with van der Waals surface area (Å²) in [5, 5.41) is 1.63. The van der Waals surface area contributed by atoms with Gasteiger partial charge in [-0.3, -0.25) is 0 Å². The molecule has 0 amide bonds. The van der Waals surface area contributed by atoms with Crippen molar-refractivity contribution in [3.8, 4) is 0 Å². The number of anilines is 1. The molecule has 2 nitrogen and oxygen atoms in total. The summed E-state index contributed by atoms with van der Waals surface area (Å²) in [6.45, 7) is 1.80. The van der Waals surface area contributed by atoms with Crippen molar-refractivity contribution in [2.45, 2.75) is 30.7 Å². The van der Waals surface area contributed by atoms with E-state index in [0.29, 0.717) is 6.10 Å². The van der Waals surface area contributed by atoms with E-state index in [2.05, 4.69) is 33.9 Å². The van der Waals surface area contributed by atoms with Crippen LogP contribution in [0.2, 0.25) is 5.02 Å². The summed E-state index contributed by atoms with van der Waals surface area (Å²) in [7, 11) is 2.09. The molecule has 0 N–H and O–H groups in total. The molecule has 1 aromatic carbocycles. The molecule has 0 bridgehead atoms. The maximum Gasteiger partial charge on any atom is 0.0749 e. The van der Waals surface area contributed by atoms with Crippen LogP contribution in [0.25, 0.3) is 0 Å². The second-order valence-electron chi connectivity index (χ2n) is 4.75. The summed E-state index contributed by atoms with van der Waals surface area (Å²) in [5.41, 5.74) is 2.34. The molecule has 1 aliphatic heterocycles. The Bertz CT molecular complexity index is 393. The van der Waals surface area contributed by atoms with Gasteiger partial charge in [0, 0.05) is 25.5 Å². The lowest BCUT2D eigenvalue weighted by molar-refractivity contribution is 0.0216. The van der Waals surface area contributed by atoms with Gasteiger partial charge in [-0.2, -0.15) is 0 Å². The lowest BCUT2D eigenvalue weighted by Gasteiger charge is -2.30. The molecule has 1 heterocycles. The van der Waals surface area contributed by atoms with Crippen LogP contribution < -0.4 is 4.90 Å². The van der Waals surface area contributed by atoms with E-state index in [4.69, 9.17) is 16.3 Å². The zero-order valence-corrected chi connectivity index (χ0v) is 13.0. The molecule has 2 rings (SSSR count). The third kappa shape index (κ3) is 3.40. The number of nitrogens with zero attached hydrogens (tertiary/aromatic N) is 1. The number of benzene rings is 1. The zero-order valence-electron chi connectivity index (χ0n) is 10.7. The van der Waals surface area contributed by atoms with Gasteiger partial charge in [-0.15, -0.1) is 0 Å². The first-order valence-corrected chi connectivity index (χ1v) is 7.88. The Morgan fingerprint density at radius 2 is 2.28 bits per heavy atom. The monoisotopic (exact) mass is 331 g/mol. The molecule has 0 spiro atoms. The smallest absolute Gasteiger partial charge is 0.0749 e. The second-order valence-corrected chi connectivity index (χ2v) is 5.72. The lowest BCUT2D eigenvalue weighted by atomic mass is 10.1. The molecule has 0 aromatic heterocycles. The number of halogens is 2. The van der Waals surface area contributed by atoms with Crippen molar-refractivity contribution < 1.29 is 4.74 Å². The number of hydrogen-bond donors (Lipinski definition) is 0. The zero-order chi connectivity index (χ0) is 13.0. The summed E-state index contributed by atoms with van der Waals surface area (Å²) in [6.07, 6.45) is 3.95. The van der Waals surface area contributed by atoms with Gasteiger partial charge in [0.05, 0.1) is 16.8 Å². The Balaban J connectivity index is 2.09. The minimum Gasteiger partial charge on any atom is -0.376 e. The molecule has 1 saturated heterocycles. The molecule has 0 radical (unpaired) electrons. The van der Waals surface area contributed by atoms with Gasteiger partial charge in [0.2, 0.25) is 0 Å². The van der Waals surface area contributed by atoms with Crippen LogP contribution in [-0.4, -0.2) is 26.3 Å². The average Bonchev–Trinajstić information content (AvgIpc) is 2.39. The van der Waals surface area contributed by atoms with Gasteiger partial charge in [-0.05, 0) is 30.9 Å². The maximum absolute atomic E-state index is 6.32. The molecule has 1 fully saturated rings. The Morgan fingerprint density at radius 3 is 2.94 bits per heavy atom. The maximum atomic E-state index is 6.32. The van der Waals surface area contributed by atoms with Gasteiger partial charge in [-0.25, -0.2) is 0 Å². The van der Waals surface area contributed by atoms with Crippen LogP contribution in [0.1, 0.15) is 24.8 Å². The van der Waals surface area contributed by atoms with E-state index in [1.807, 2.05) is 12.1 Å². The summed E-state index contributed by atoms with van der Waals surface area (Å²) >= 11 is 9.84. The van der Waals surface area contributed by atoms with Crippen molar-refractivity contribution in [2.75, 3.05) is 25.1 Å². The van der Waals surface area contributed by atoms with Crippen LogP contribution in [0.4, 0.5) is 5.69 Å². The second kappa shape index (κ2) is 6.78. The predicted molar refractivity (Wildman–Crippen MR) is 80.9 cm³/mol. The Hall–Kier alpha value is -0.250. The van der Waals surface area contributed by atoms with Crippen LogP contribution in [0.3, 0.4) is 0 Å². The SMILES string of the molecule is CN(CC1CCCCO1)c1c(Cl)cccc1CBr.